The molecule has 4 rings (SSSR count). The number of amides is 1. The number of hydrogen-bond donors (Lipinski definition) is 2. The number of piperidine rings is 1. The van der Waals surface area contributed by atoms with Crippen LogP contribution in [0.1, 0.15) is 44.1 Å². The Labute approximate surface area is 163 Å². The van der Waals surface area contributed by atoms with Crippen LogP contribution < -0.4 is 5.32 Å². The van der Waals surface area contributed by atoms with E-state index >= 15 is 0 Å². The lowest BCUT2D eigenvalue weighted by Crippen LogP contribution is -2.44. The van der Waals surface area contributed by atoms with Crippen molar-refractivity contribution in [1.82, 2.24) is 10.2 Å². The van der Waals surface area contributed by atoms with Crippen molar-refractivity contribution in [3.8, 4) is 0 Å². The number of carbonyl (C=O) groups excluding carboxylic acids is 2. The fraction of sp³-hybridized carbons (Fsp3) is 0.455. The van der Waals surface area contributed by atoms with Crippen LogP contribution in [0.25, 0.3) is 0 Å². The molecule has 1 fully saturated rings. The summed E-state index contributed by atoms with van der Waals surface area (Å²) >= 11 is 0. The summed E-state index contributed by atoms with van der Waals surface area (Å²) < 4.78 is 13.5. The lowest BCUT2D eigenvalue weighted by Gasteiger charge is -2.38. The van der Waals surface area contributed by atoms with Crippen LogP contribution in [0.15, 0.2) is 47.2 Å². The average molecular weight is 384 g/mol. The molecule has 1 aliphatic carbocycles. The predicted octanol–water partition coefficient (Wildman–Crippen LogP) is 2.56. The van der Waals surface area contributed by atoms with Crippen molar-refractivity contribution in [2.45, 2.75) is 44.1 Å². The summed E-state index contributed by atoms with van der Waals surface area (Å²) in [6, 6.07) is 6.13. The topological polar surface area (TPSA) is 69.6 Å². The number of halogens is 1. The van der Waals surface area contributed by atoms with E-state index in [1.54, 1.807) is 12.1 Å². The zero-order valence-corrected chi connectivity index (χ0v) is 15.8. The van der Waals surface area contributed by atoms with Crippen molar-refractivity contribution in [3.63, 3.8) is 0 Å². The smallest absolute Gasteiger partial charge is 0.224 e. The number of hydrogen-bond acceptors (Lipinski definition) is 4. The van der Waals surface area contributed by atoms with Gasteiger partial charge in [0.05, 0.1) is 12.1 Å². The highest BCUT2D eigenvalue weighted by Crippen LogP contribution is 2.33. The number of benzene rings is 1. The molecule has 0 saturated carbocycles. The maximum absolute atomic E-state index is 13.5. The Bertz CT molecular complexity index is 866. The summed E-state index contributed by atoms with van der Waals surface area (Å²) in [5.74, 6) is -0.180. The molecule has 0 atom stereocenters. The summed E-state index contributed by atoms with van der Waals surface area (Å²) in [6.07, 6.45) is 5.43. The lowest BCUT2D eigenvalue weighted by molar-refractivity contribution is -0.120. The van der Waals surface area contributed by atoms with Gasteiger partial charge in [0.25, 0.3) is 0 Å². The first kappa shape index (κ1) is 19.0. The van der Waals surface area contributed by atoms with Crippen molar-refractivity contribution in [3.05, 3.63) is 58.6 Å². The number of nitrogens with zero attached hydrogens (tertiary/aromatic N) is 1. The van der Waals surface area contributed by atoms with Crippen molar-refractivity contribution >= 4 is 11.7 Å². The molecule has 2 heterocycles. The second-order valence-electron chi connectivity index (χ2n) is 7.96. The van der Waals surface area contributed by atoms with Gasteiger partial charge < -0.3 is 10.4 Å². The Kier molecular flexibility index (Phi) is 5.17. The van der Waals surface area contributed by atoms with Crippen LogP contribution in [-0.4, -0.2) is 41.3 Å². The molecule has 1 aromatic carbocycles. The van der Waals surface area contributed by atoms with Gasteiger partial charge in [-0.05, 0) is 60.9 Å². The monoisotopic (exact) mass is 384 g/mol. The highest BCUT2D eigenvalue weighted by atomic mass is 19.1. The van der Waals surface area contributed by atoms with Gasteiger partial charge >= 0.3 is 0 Å². The zero-order valence-electron chi connectivity index (χ0n) is 15.8. The molecule has 3 aliphatic rings. The molecular weight excluding hydrogens is 359 g/mol. The molecule has 1 aromatic rings. The quantitative estimate of drug-likeness (QED) is 0.837. The molecule has 0 spiro atoms. The minimum atomic E-state index is -1.04. The fourth-order valence-corrected chi connectivity index (χ4v) is 4.31. The largest absolute Gasteiger partial charge is 0.385 e. The van der Waals surface area contributed by atoms with Gasteiger partial charge in [0.1, 0.15) is 5.82 Å². The lowest BCUT2D eigenvalue weighted by atomic mass is 9.84. The average Bonchev–Trinajstić information content (AvgIpc) is 2.69. The summed E-state index contributed by atoms with van der Waals surface area (Å²) in [7, 11) is 0. The van der Waals surface area contributed by atoms with Gasteiger partial charge in [-0.15, -0.1) is 0 Å². The Morgan fingerprint density at radius 3 is 2.71 bits per heavy atom. The number of likely N-dealkylation sites (tertiary alicyclic amines) is 1. The van der Waals surface area contributed by atoms with Gasteiger partial charge in [0.15, 0.2) is 5.78 Å². The molecule has 0 radical (unpaired) electrons. The third-order valence-corrected chi connectivity index (χ3v) is 6.06. The highest BCUT2D eigenvalue weighted by Gasteiger charge is 2.35. The fourth-order valence-electron chi connectivity index (χ4n) is 4.31. The number of allylic oxidation sites excluding steroid dienone is 3. The Morgan fingerprint density at radius 2 is 1.96 bits per heavy atom. The van der Waals surface area contributed by atoms with Crippen LogP contribution in [0.3, 0.4) is 0 Å². The summed E-state index contributed by atoms with van der Waals surface area (Å²) in [6.45, 7) is 1.52. The minimum Gasteiger partial charge on any atom is -0.385 e. The summed E-state index contributed by atoms with van der Waals surface area (Å²) in [5.41, 5.74) is 2.43. The molecule has 2 aliphatic heterocycles. The standard InChI is InChI=1S/C22H25FN2O3/c23-18-3-1-2-17(13-18)22(28)8-10-25(11-9-22)14-20(26)16-4-6-19-15(12-16)5-7-21(27)24-19/h1-3,12-13,28H,4-11,14H2,(H,24,27). The van der Waals surface area contributed by atoms with Crippen LogP contribution in [0.2, 0.25) is 0 Å². The van der Waals surface area contributed by atoms with Gasteiger partial charge in [-0.3, -0.25) is 14.5 Å². The van der Waals surface area contributed by atoms with Gasteiger partial charge in [-0.2, -0.15) is 0 Å². The Morgan fingerprint density at radius 1 is 1.18 bits per heavy atom. The van der Waals surface area contributed by atoms with Gasteiger partial charge in [0, 0.05) is 25.2 Å². The third kappa shape index (κ3) is 3.93. The van der Waals surface area contributed by atoms with Crippen LogP contribution in [0, 0.1) is 5.82 Å². The molecule has 1 saturated heterocycles. The van der Waals surface area contributed by atoms with Crippen LogP contribution in [0.5, 0.6) is 0 Å². The predicted molar refractivity (Wildman–Crippen MR) is 103 cm³/mol. The highest BCUT2D eigenvalue weighted by molar-refractivity contribution is 5.98. The second kappa shape index (κ2) is 7.60. The van der Waals surface area contributed by atoms with Crippen LogP contribution in [-0.2, 0) is 15.2 Å². The summed E-state index contributed by atoms with van der Waals surface area (Å²) in [5, 5.41) is 13.8. The molecule has 148 valence electrons. The molecule has 0 unspecified atom stereocenters. The van der Waals surface area contributed by atoms with E-state index in [2.05, 4.69) is 10.2 Å². The van der Waals surface area contributed by atoms with Crippen LogP contribution in [0.4, 0.5) is 4.39 Å². The van der Waals surface area contributed by atoms with Crippen molar-refractivity contribution in [1.29, 1.82) is 0 Å². The first-order valence-corrected chi connectivity index (χ1v) is 9.89. The molecule has 0 aromatic heterocycles. The number of Topliss-reactive ketones (excluding diaryl/α,β-unsaturated/α-hetero) is 1. The van der Waals surface area contributed by atoms with Crippen molar-refractivity contribution in [2.75, 3.05) is 19.6 Å². The van der Waals surface area contributed by atoms with E-state index in [0.29, 0.717) is 63.7 Å². The molecule has 2 N–H and O–H groups in total. The minimum absolute atomic E-state index is 0.0565. The van der Waals surface area contributed by atoms with Gasteiger partial charge in [-0.25, -0.2) is 4.39 Å². The number of aliphatic hydroxyl groups is 1. The van der Waals surface area contributed by atoms with E-state index in [9.17, 15) is 19.1 Å². The number of ketones is 1. The number of rotatable bonds is 4. The molecule has 28 heavy (non-hydrogen) atoms. The first-order valence-electron chi connectivity index (χ1n) is 9.89. The second-order valence-corrected chi connectivity index (χ2v) is 7.96. The third-order valence-electron chi connectivity index (χ3n) is 6.06. The van der Waals surface area contributed by atoms with Gasteiger partial charge in [-0.1, -0.05) is 18.2 Å². The molecular formula is C22H25FN2O3. The maximum Gasteiger partial charge on any atom is 0.224 e. The van der Waals surface area contributed by atoms with E-state index in [0.717, 1.165) is 16.8 Å². The van der Waals surface area contributed by atoms with E-state index in [1.165, 1.54) is 12.1 Å². The van der Waals surface area contributed by atoms with Crippen molar-refractivity contribution < 1.29 is 19.1 Å². The maximum atomic E-state index is 13.5. The Balaban J connectivity index is 1.36. The SMILES string of the molecule is O=C1CCC2=C(CCC(C(=O)CN3CCC(O)(c4cccc(F)c4)CC3)=C2)N1. The van der Waals surface area contributed by atoms with E-state index in [-0.39, 0.29) is 17.5 Å². The molecule has 6 heteroatoms. The molecule has 1 amide bonds. The van der Waals surface area contributed by atoms with E-state index < -0.39 is 5.60 Å². The summed E-state index contributed by atoms with van der Waals surface area (Å²) in [4.78, 5) is 26.3. The van der Waals surface area contributed by atoms with Crippen molar-refractivity contribution in [2.24, 2.45) is 0 Å². The normalized spacial score (nSPS) is 22.4. The van der Waals surface area contributed by atoms with Crippen LogP contribution >= 0.6 is 0 Å². The van der Waals surface area contributed by atoms with Gasteiger partial charge in [0.2, 0.25) is 5.91 Å². The Hall–Kier alpha value is -2.31. The number of nitrogens with one attached hydrogen (secondary N) is 1. The van der Waals surface area contributed by atoms with E-state index in [1.807, 2.05) is 6.08 Å². The first-order chi connectivity index (χ1) is 13.4. The molecule has 0 bridgehead atoms. The zero-order chi connectivity index (χ0) is 19.7. The molecule has 5 nitrogen and oxygen atoms in total. The van der Waals surface area contributed by atoms with E-state index in [4.69, 9.17) is 0 Å². The number of carbonyl (C=O) groups is 2.